The highest BCUT2D eigenvalue weighted by Gasteiger charge is 2.66. The van der Waals surface area contributed by atoms with Gasteiger partial charge < -0.3 is 19.3 Å². The van der Waals surface area contributed by atoms with E-state index in [1.807, 2.05) is 0 Å². The van der Waals surface area contributed by atoms with E-state index in [4.69, 9.17) is 14.2 Å². The molecule has 2 aliphatic carbocycles. The van der Waals surface area contributed by atoms with E-state index in [1.54, 1.807) is 0 Å². The van der Waals surface area contributed by atoms with E-state index in [9.17, 15) is 14.7 Å². The first-order chi connectivity index (χ1) is 10.0. The van der Waals surface area contributed by atoms with Gasteiger partial charge in [-0.3, -0.25) is 4.79 Å². The van der Waals surface area contributed by atoms with Crippen LogP contribution in [0.4, 0.5) is 0 Å². The van der Waals surface area contributed by atoms with Gasteiger partial charge in [-0.05, 0) is 6.42 Å². The van der Waals surface area contributed by atoms with Crippen molar-refractivity contribution in [2.75, 3.05) is 13.2 Å². The zero-order chi connectivity index (χ0) is 15.1. The predicted octanol–water partition coefficient (Wildman–Crippen LogP) is 0.414. The van der Waals surface area contributed by atoms with Gasteiger partial charge in [-0.2, -0.15) is 0 Å². The van der Waals surface area contributed by atoms with E-state index < -0.39 is 18.0 Å². The fourth-order valence-corrected chi connectivity index (χ4v) is 3.94. The minimum Gasteiger partial charge on any atom is -0.492 e. The second-order valence-electron chi connectivity index (χ2n) is 5.69. The van der Waals surface area contributed by atoms with Gasteiger partial charge in [0, 0.05) is 23.8 Å². The second-order valence-corrected chi connectivity index (χ2v) is 5.69. The number of aliphatic hydroxyl groups is 1. The molecule has 3 fully saturated rings. The maximum Gasteiger partial charge on any atom is 0.330 e. The van der Waals surface area contributed by atoms with Gasteiger partial charge in [0.1, 0.15) is 19.3 Å². The lowest BCUT2D eigenvalue weighted by molar-refractivity contribution is -0.157. The Hall–Kier alpha value is -1.82. The van der Waals surface area contributed by atoms with Crippen LogP contribution in [0.15, 0.2) is 25.0 Å². The summed E-state index contributed by atoms with van der Waals surface area (Å²) in [6, 6.07) is 0. The number of hydrogen-bond donors (Lipinski definition) is 1. The van der Waals surface area contributed by atoms with Crippen LogP contribution in [0.3, 0.4) is 0 Å². The van der Waals surface area contributed by atoms with Gasteiger partial charge in [0.25, 0.3) is 0 Å². The van der Waals surface area contributed by atoms with E-state index in [-0.39, 0.29) is 43.0 Å². The van der Waals surface area contributed by atoms with Gasteiger partial charge in [0.05, 0.1) is 17.8 Å². The zero-order valence-corrected chi connectivity index (χ0v) is 11.6. The first kappa shape index (κ1) is 14.1. The Kier molecular flexibility index (Phi) is 3.49. The summed E-state index contributed by atoms with van der Waals surface area (Å²) in [5, 5.41) is 10.2. The number of ether oxygens (including phenoxy) is 3. The molecular formula is C15H18O6. The Morgan fingerprint density at radius 3 is 2.76 bits per heavy atom. The Balaban J connectivity index is 1.57. The highest BCUT2D eigenvalue weighted by atomic mass is 16.6. The predicted molar refractivity (Wildman–Crippen MR) is 70.7 cm³/mol. The molecule has 0 aromatic heterocycles. The van der Waals surface area contributed by atoms with E-state index in [1.165, 1.54) is 0 Å². The molecule has 114 valence electrons. The van der Waals surface area contributed by atoms with Crippen molar-refractivity contribution in [2.45, 2.75) is 18.6 Å². The normalized spacial score (nSPS) is 39.0. The molecule has 1 heterocycles. The highest BCUT2D eigenvalue weighted by molar-refractivity contribution is 5.81. The molecule has 6 unspecified atom stereocenters. The Labute approximate surface area is 122 Å². The molecule has 3 aliphatic rings. The van der Waals surface area contributed by atoms with Crippen molar-refractivity contribution in [3.8, 4) is 0 Å². The van der Waals surface area contributed by atoms with Crippen LogP contribution in [-0.2, 0) is 23.8 Å². The molecule has 2 saturated carbocycles. The van der Waals surface area contributed by atoms with Crippen molar-refractivity contribution >= 4 is 11.9 Å². The molecule has 6 nitrogen and oxygen atoms in total. The standard InChI is InChI=1S/C15H18O6/c1-3-10(16)19-4-5-20-15(18)12-8-6-9-11(12)7(2)21-14(9)13(8)17/h3,8-9,11-14,17H,1-2,4-6H2. The molecule has 0 aromatic carbocycles. The van der Waals surface area contributed by atoms with Gasteiger partial charge in [-0.1, -0.05) is 13.2 Å². The number of carbonyl (C=O) groups is 2. The summed E-state index contributed by atoms with van der Waals surface area (Å²) in [6.45, 7) is 7.10. The number of rotatable bonds is 5. The van der Waals surface area contributed by atoms with E-state index >= 15 is 0 Å². The van der Waals surface area contributed by atoms with Gasteiger partial charge >= 0.3 is 11.9 Å². The summed E-state index contributed by atoms with van der Waals surface area (Å²) in [6.07, 6.45) is 0.959. The maximum absolute atomic E-state index is 12.2. The van der Waals surface area contributed by atoms with Crippen LogP contribution in [0.5, 0.6) is 0 Å². The van der Waals surface area contributed by atoms with Gasteiger partial charge in [-0.25, -0.2) is 4.79 Å². The molecule has 0 radical (unpaired) electrons. The highest BCUT2D eigenvalue weighted by Crippen LogP contribution is 2.60. The SMILES string of the molecule is C=CC(=O)OCCOC(=O)C1C2CC3C(OC(=C)C31)C2O. The van der Waals surface area contributed by atoms with Crippen molar-refractivity contribution in [1.82, 2.24) is 0 Å². The minimum atomic E-state index is -0.637. The average molecular weight is 294 g/mol. The van der Waals surface area contributed by atoms with Crippen LogP contribution in [0.2, 0.25) is 0 Å². The molecule has 1 aliphatic heterocycles. The Morgan fingerprint density at radius 1 is 1.33 bits per heavy atom. The second kappa shape index (κ2) is 5.18. The largest absolute Gasteiger partial charge is 0.492 e. The van der Waals surface area contributed by atoms with Crippen molar-refractivity contribution < 1.29 is 28.9 Å². The average Bonchev–Trinajstić information content (AvgIpc) is 3.07. The summed E-state index contributed by atoms with van der Waals surface area (Å²) >= 11 is 0. The number of allylic oxidation sites excluding steroid dienone is 1. The summed E-state index contributed by atoms with van der Waals surface area (Å²) in [5.74, 6) is -0.809. The molecule has 21 heavy (non-hydrogen) atoms. The van der Waals surface area contributed by atoms with Crippen LogP contribution in [0, 0.1) is 23.7 Å². The third-order valence-corrected chi connectivity index (χ3v) is 4.72. The molecule has 0 amide bonds. The van der Waals surface area contributed by atoms with Crippen LogP contribution < -0.4 is 0 Å². The monoisotopic (exact) mass is 294 g/mol. The van der Waals surface area contributed by atoms with Crippen LogP contribution in [-0.4, -0.2) is 42.5 Å². The topological polar surface area (TPSA) is 82.1 Å². The quantitative estimate of drug-likeness (QED) is 0.449. The third kappa shape index (κ3) is 2.14. The molecule has 6 heteroatoms. The van der Waals surface area contributed by atoms with Gasteiger partial charge in [0.2, 0.25) is 0 Å². The molecular weight excluding hydrogens is 276 g/mol. The molecule has 0 aromatic rings. The number of hydrogen-bond acceptors (Lipinski definition) is 6. The number of fused-ring (bicyclic) bond motifs is 1. The lowest BCUT2D eigenvalue weighted by atomic mass is 9.78. The molecule has 1 saturated heterocycles. The van der Waals surface area contributed by atoms with E-state index in [0.717, 1.165) is 12.5 Å². The van der Waals surface area contributed by atoms with Crippen molar-refractivity contribution in [3.05, 3.63) is 25.0 Å². The lowest BCUT2D eigenvalue weighted by Crippen LogP contribution is -2.41. The summed E-state index contributed by atoms with van der Waals surface area (Å²) in [7, 11) is 0. The van der Waals surface area contributed by atoms with Crippen molar-refractivity contribution in [1.29, 1.82) is 0 Å². The molecule has 3 rings (SSSR count). The number of carbonyl (C=O) groups excluding carboxylic acids is 2. The fourth-order valence-electron chi connectivity index (χ4n) is 3.94. The van der Waals surface area contributed by atoms with Crippen LogP contribution in [0.1, 0.15) is 6.42 Å². The minimum absolute atomic E-state index is 0.00806. The Morgan fingerprint density at radius 2 is 2.05 bits per heavy atom. The van der Waals surface area contributed by atoms with Gasteiger partial charge in [0.15, 0.2) is 0 Å². The maximum atomic E-state index is 12.2. The molecule has 2 bridgehead atoms. The first-order valence-electron chi connectivity index (χ1n) is 7.04. The van der Waals surface area contributed by atoms with E-state index in [0.29, 0.717) is 5.76 Å². The molecule has 1 N–H and O–H groups in total. The number of esters is 2. The number of aliphatic hydroxyl groups excluding tert-OH is 1. The first-order valence-corrected chi connectivity index (χ1v) is 7.04. The van der Waals surface area contributed by atoms with Crippen LogP contribution in [0.25, 0.3) is 0 Å². The van der Waals surface area contributed by atoms with Gasteiger partial charge in [-0.15, -0.1) is 0 Å². The smallest absolute Gasteiger partial charge is 0.330 e. The fraction of sp³-hybridized carbons (Fsp3) is 0.600. The summed E-state index contributed by atoms with van der Waals surface area (Å²) in [4.78, 5) is 23.1. The Bertz CT molecular complexity index is 498. The summed E-state index contributed by atoms with van der Waals surface area (Å²) < 4.78 is 15.5. The molecule has 6 atom stereocenters. The lowest BCUT2D eigenvalue weighted by Gasteiger charge is -2.27. The van der Waals surface area contributed by atoms with Crippen molar-refractivity contribution in [2.24, 2.45) is 23.7 Å². The summed E-state index contributed by atoms with van der Waals surface area (Å²) in [5.41, 5.74) is 0. The zero-order valence-electron chi connectivity index (χ0n) is 11.6. The van der Waals surface area contributed by atoms with Crippen molar-refractivity contribution in [3.63, 3.8) is 0 Å². The van der Waals surface area contributed by atoms with E-state index in [2.05, 4.69) is 13.2 Å². The van der Waals surface area contributed by atoms with Crippen LogP contribution >= 0.6 is 0 Å². The molecule has 0 spiro atoms. The third-order valence-electron chi connectivity index (χ3n) is 4.72.